The number of fused-ring (bicyclic) bond motifs is 3. The average Bonchev–Trinajstić information content (AvgIpc) is 3.01. The molecule has 2 aliphatic heterocycles. The lowest BCUT2D eigenvalue weighted by molar-refractivity contribution is -0.208. The number of rotatable bonds is 1. The van der Waals surface area contributed by atoms with Crippen molar-refractivity contribution in [2.75, 3.05) is 0 Å². The number of hydrogen-bond acceptors (Lipinski definition) is 3. The molecule has 1 aromatic rings. The number of hydrogen-bond donors (Lipinski definition) is 2. The molecule has 2 saturated carbocycles. The number of alkyl halides is 1. The lowest BCUT2D eigenvalue weighted by Gasteiger charge is -2.67. The van der Waals surface area contributed by atoms with E-state index in [0.717, 1.165) is 42.6 Å². The molecule has 0 radical (unpaired) electrons. The molecule has 2 heterocycles. The molecule has 0 bridgehead atoms. The fraction of sp³-hybridized carbons (Fsp3) is 0.667. The maximum absolute atomic E-state index is 12.5. The summed E-state index contributed by atoms with van der Waals surface area (Å²) in [4.78, 5) is 25.1. The number of ether oxygens (including phenoxy) is 1. The van der Waals surface area contributed by atoms with Gasteiger partial charge in [0.1, 0.15) is 11.4 Å². The summed E-state index contributed by atoms with van der Waals surface area (Å²) in [6.45, 7) is 9.90. The van der Waals surface area contributed by atoms with Crippen LogP contribution in [0, 0.1) is 22.7 Å². The molecular weight excluding hydrogens is 444 g/mol. The van der Waals surface area contributed by atoms with Crippen molar-refractivity contribution in [3.8, 4) is 5.75 Å². The van der Waals surface area contributed by atoms with Gasteiger partial charge in [-0.2, -0.15) is 0 Å². The first-order valence-corrected chi connectivity index (χ1v) is 12.0. The van der Waals surface area contributed by atoms with Crippen molar-refractivity contribution < 1.29 is 14.3 Å². The number of nitrogens with two attached hydrogens (primary N) is 1. The first-order chi connectivity index (χ1) is 14.0. The van der Waals surface area contributed by atoms with Crippen LogP contribution in [0.2, 0.25) is 0 Å². The van der Waals surface area contributed by atoms with Crippen LogP contribution in [-0.2, 0) is 13.0 Å². The predicted octanol–water partition coefficient (Wildman–Crippen LogP) is 4.34. The molecule has 1 aromatic carbocycles. The second-order valence-corrected chi connectivity index (χ2v) is 12.2. The van der Waals surface area contributed by atoms with Crippen LogP contribution in [0.1, 0.15) is 85.2 Å². The smallest absolute Gasteiger partial charge is 0.252 e. The molecule has 162 valence electrons. The Morgan fingerprint density at radius 1 is 1.27 bits per heavy atom. The highest BCUT2D eigenvalue weighted by molar-refractivity contribution is 9.09. The summed E-state index contributed by atoms with van der Waals surface area (Å²) in [5.41, 5.74) is 8.06. The Morgan fingerprint density at radius 3 is 2.70 bits per heavy atom. The Labute approximate surface area is 186 Å². The average molecular weight is 475 g/mol. The molecule has 5 nitrogen and oxygen atoms in total. The molecule has 2 fully saturated rings. The fourth-order valence-electron chi connectivity index (χ4n) is 7.35. The van der Waals surface area contributed by atoms with E-state index in [1.165, 1.54) is 6.42 Å². The third kappa shape index (κ3) is 2.46. The van der Waals surface area contributed by atoms with Crippen molar-refractivity contribution in [1.82, 2.24) is 5.32 Å². The van der Waals surface area contributed by atoms with Gasteiger partial charge in [0.2, 0.25) is 5.91 Å². The molecule has 0 saturated heterocycles. The molecule has 5 atom stereocenters. The second kappa shape index (κ2) is 6.24. The van der Waals surface area contributed by atoms with E-state index in [0.29, 0.717) is 34.3 Å². The molecule has 5 unspecified atom stereocenters. The van der Waals surface area contributed by atoms with Gasteiger partial charge >= 0.3 is 0 Å². The number of amides is 2. The van der Waals surface area contributed by atoms with Crippen molar-refractivity contribution >= 4 is 27.7 Å². The summed E-state index contributed by atoms with van der Waals surface area (Å²) in [7, 11) is 0. The van der Waals surface area contributed by atoms with E-state index >= 15 is 0 Å². The van der Waals surface area contributed by atoms with E-state index in [4.69, 9.17) is 10.5 Å². The van der Waals surface area contributed by atoms with E-state index in [1.54, 1.807) is 0 Å². The van der Waals surface area contributed by atoms with Gasteiger partial charge in [-0.15, -0.1) is 0 Å². The Morgan fingerprint density at radius 2 is 2.00 bits per heavy atom. The summed E-state index contributed by atoms with van der Waals surface area (Å²) in [5, 5.41) is 2.88. The molecule has 4 aliphatic rings. The van der Waals surface area contributed by atoms with Gasteiger partial charge in [-0.25, -0.2) is 0 Å². The van der Waals surface area contributed by atoms with Gasteiger partial charge in [-0.1, -0.05) is 43.6 Å². The number of benzene rings is 1. The lowest BCUT2D eigenvalue weighted by atomic mass is 9.44. The van der Waals surface area contributed by atoms with Crippen LogP contribution in [0.5, 0.6) is 5.75 Å². The van der Waals surface area contributed by atoms with Crippen LogP contribution in [0.25, 0.3) is 0 Å². The third-order valence-electron chi connectivity index (χ3n) is 8.94. The summed E-state index contributed by atoms with van der Waals surface area (Å²) >= 11 is 3.96. The molecule has 3 N–H and O–H groups in total. The van der Waals surface area contributed by atoms with E-state index in [2.05, 4.69) is 48.9 Å². The minimum absolute atomic E-state index is 0.0498. The maximum Gasteiger partial charge on any atom is 0.252 e. The maximum atomic E-state index is 12.5. The van der Waals surface area contributed by atoms with Crippen molar-refractivity contribution in [2.24, 2.45) is 28.4 Å². The van der Waals surface area contributed by atoms with Gasteiger partial charge in [-0.05, 0) is 48.6 Å². The van der Waals surface area contributed by atoms with E-state index in [1.807, 2.05) is 6.07 Å². The minimum Gasteiger partial charge on any atom is -0.486 e. The Kier molecular flexibility index (Phi) is 4.23. The number of primary amides is 1. The Bertz CT molecular complexity index is 974. The second-order valence-electron chi connectivity index (χ2n) is 10.9. The summed E-state index contributed by atoms with van der Waals surface area (Å²) in [5.74, 6) is 0.991. The topological polar surface area (TPSA) is 81.4 Å². The van der Waals surface area contributed by atoms with Gasteiger partial charge < -0.3 is 15.8 Å². The first-order valence-electron chi connectivity index (χ1n) is 11.1. The minimum atomic E-state index is -0.551. The van der Waals surface area contributed by atoms with Gasteiger partial charge in [0, 0.05) is 34.7 Å². The zero-order valence-electron chi connectivity index (χ0n) is 18.2. The highest BCUT2D eigenvalue weighted by Crippen LogP contribution is 2.66. The van der Waals surface area contributed by atoms with Crippen LogP contribution < -0.4 is 15.8 Å². The van der Waals surface area contributed by atoms with Gasteiger partial charge in [0.25, 0.3) is 5.91 Å². The fourth-order valence-corrected chi connectivity index (χ4v) is 8.66. The van der Waals surface area contributed by atoms with Crippen molar-refractivity contribution in [3.63, 3.8) is 0 Å². The summed E-state index contributed by atoms with van der Waals surface area (Å²) in [6, 6.07) is 1.83. The molecule has 2 amide bonds. The molecule has 2 aliphatic carbocycles. The van der Waals surface area contributed by atoms with Crippen molar-refractivity contribution in [1.29, 1.82) is 0 Å². The Hall–Kier alpha value is -1.56. The molecule has 6 heteroatoms. The summed E-state index contributed by atoms with van der Waals surface area (Å²) < 4.78 is 7.16. The predicted molar refractivity (Wildman–Crippen MR) is 119 cm³/mol. The van der Waals surface area contributed by atoms with Crippen LogP contribution in [0.4, 0.5) is 0 Å². The first kappa shape index (κ1) is 20.3. The van der Waals surface area contributed by atoms with Crippen molar-refractivity contribution in [3.05, 3.63) is 28.3 Å². The zero-order chi connectivity index (χ0) is 21.6. The quantitative estimate of drug-likeness (QED) is 0.593. The number of carbonyl (C=O) groups excluding carboxylic acids is 2. The van der Waals surface area contributed by atoms with Gasteiger partial charge in [0.05, 0.1) is 11.1 Å². The highest BCUT2D eigenvalue weighted by atomic mass is 79.9. The zero-order valence-corrected chi connectivity index (χ0v) is 19.8. The lowest BCUT2D eigenvalue weighted by Crippen LogP contribution is -2.69. The van der Waals surface area contributed by atoms with Crippen LogP contribution >= 0.6 is 15.9 Å². The van der Waals surface area contributed by atoms with E-state index in [9.17, 15) is 9.59 Å². The molecule has 0 aromatic heterocycles. The largest absolute Gasteiger partial charge is 0.486 e. The highest BCUT2D eigenvalue weighted by Gasteiger charge is 2.67. The monoisotopic (exact) mass is 474 g/mol. The van der Waals surface area contributed by atoms with Crippen LogP contribution in [0.15, 0.2) is 6.07 Å². The molecule has 1 spiro atoms. The van der Waals surface area contributed by atoms with Gasteiger partial charge in [0.15, 0.2) is 0 Å². The van der Waals surface area contributed by atoms with E-state index in [-0.39, 0.29) is 22.3 Å². The number of nitrogens with one attached hydrogen (secondary N) is 1. The molecule has 5 rings (SSSR count). The van der Waals surface area contributed by atoms with E-state index < -0.39 is 5.91 Å². The SMILES string of the molecule is CC1CCC2C(C)(C)CC(Br)CC23Oc2c(cc(C(N)=O)c4c2CNC4=O)CC13C. The number of carbonyl (C=O) groups is 2. The normalized spacial score (nSPS) is 38.4. The Balaban J connectivity index is 1.75. The summed E-state index contributed by atoms with van der Waals surface area (Å²) in [6.07, 6.45) is 5.30. The van der Waals surface area contributed by atoms with Gasteiger partial charge in [-0.3, -0.25) is 9.59 Å². The standard InChI is InChI=1S/C24H31BrN2O3/c1-12-5-6-17-22(2,3)9-14(25)10-24(17)23(12,4)8-13-7-15(20(26)28)18-16(19(13)30-24)11-27-21(18)29/h7,12,14,17H,5-6,8-11H2,1-4H3,(H2,26,28)(H,27,29). The van der Waals surface area contributed by atoms with Crippen LogP contribution in [-0.4, -0.2) is 22.2 Å². The van der Waals surface area contributed by atoms with Crippen molar-refractivity contribution in [2.45, 2.75) is 76.8 Å². The molecular formula is C24H31BrN2O3. The van der Waals surface area contributed by atoms with Crippen LogP contribution in [0.3, 0.4) is 0 Å². The third-order valence-corrected chi connectivity index (χ3v) is 9.58. The molecule has 30 heavy (non-hydrogen) atoms. The number of halogens is 1.